The van der Waals surface area contributed by atoms with Gasteiger partial charge in [-0.25, -0.2) is 14.5 Å². The molecule has 3 N–H and O–H groups in total. The maximum Gasteiger partial charge on any atom is 0.408 e. The second-order valence-corrected chi connectivity index (χ2v) is 21.1. The Hall–Kier alpha value is -4.75. The molecule has 3 fully saturated rings. The summed E-state index contributed by atoms with van der Waals surface area (Å²) in [5, 5.41) is 8.71. The Bertz CT molecular complexity index is 2300. The van der Waals surface area contributed by atoms with E-state index in [-0.39, 0.29) is 25.4 Å². The van der Waals surface area contributed by atoms with Gasteiger partial charge in [0.15, 0.2) is 5.13 Å². The summed E-state index contributed by atoms with van der Waals surface area (Å²) in [6, 6.07) is 4.03. The number of fused-ring (bicyclic) bond motifs is 3. The summed E-state index contributed by atoms with van der Waals surface area (Å²) in [4.78, 5) is 70.1. The smallest absolute Gasteiger partial charge is 0.408 e. The average molecular weight is 896 g/mol. The summed E-state index contributed by atoms with van der Waals surface area (Å²) in [7, 11) is -1.58. The Morgan fingerprint density at radius 1 is 1.05 bits per heavy atom. The molecule has 19 heteroatoms. The molecule has 338 valence electrons. The normalized spacial score (nSPS) is 25.7. The third-order valence-corrected chi connectivity index (χ3v) is 14.2. The number of piperidine rings is 1. The summed E-state index contributed by atoms with van der Waals surface area (Å²) in [6.45, 7) is 11.2. The number of amides is 4. The van der Waals surface area contributed by atoms with E-state index in [2.05, 4.69) is 25.6 Å². The van der Waals surface area contributed by atoms with Crippen molar-refractivity contribution in [3.8, 4) is 17.3 Å². The minimum Gasteiger partial charge on any atom is -0.459 e. The standard InChI is InChI=1S/C43H61N9O8S2/c1-27(2)52-33-20-16-18-30(32-26-61-40(44-32)50-21-14-11-15-22-50)35(33)46-39(52)59-29-23-34-36(53)47-43(38(55)48-62(57,58)49(6)7)24-28(43)17-12-9-8-10-13-19-31(37(54)51(34)25-29)45-41(56)60-42(3,4)5/h12,16-18,20,26-29,31,34H,8-11,13-15,19,21-25H2,1-7H3,(H,45,56)(H,47,53)(H,48,55)/b17-12-/t28-,29-,31+,34+,43-/m1/s1. The van der Waals surface area contributed by atoms with Crippen molar-refractivity contribution in [2.75, 3.05) is 38.6 Å². The maximum absolute atomic E-state index is 14.7. The molecule has 0 radical (unpaired) electrons. The molecular formula is C43H61N9O8S2. The van der Waals surface area contributed by atoms with Gasteiger partial charge in [-0.2, -0.15) is 17.7 Å². The van der Waals surface area contributed by atoms with Crippen LogP contribution in [0.15, 0.2) is 35.7 Å². The van der Waals surface area contributed by atoms with Crippen molar-refractivity contribution in [1.82, 2.24) is 39.1 Å². The topological polar surface area (TPSA) is 197 Å². The van der Waals surface area contributed by atoms with Gasteiger partial charge in [0.25, 0.3) is 11.9 Å². The number of hydrogen-bond donors (Lipinski definition) is 3. The molecule has 62 heavy (non-hydrogen) atoms. The zero-order chi connectivity index (χ0) is 44.6. The Kier molecular flexibility index (Phi) is 13.3. The van der Waals surface area contributed by atoms with Gasteiger partial charge in [0.2, 0.25) is 11.8 Å². The monoisotopic (exact) mass is 895 g/mol. The van der Waals surface area contributed by atoms with Crippen LogP contribution < -0.4 is 25.0 Å². The van der Waals surface area contributed by atoms with Gasteiger partial charge >= 0.3 is 16.3 Å². The number of nitrogens with zero attached hydrogens (tertiary/aromatic N) is 6. The summed E-state index contributed by atoms with van der Waals surface area (Å²) < 4.78 is 42.9. The lowest BCUT2D eigenvalue weighted by molar-refractivity contribution is -0.141. The van der Waals surface area contributed by atoms with Crippen LogP contribution in [0.5, 0.6) is 6.01 Å². The third-order valence-electron chi connectivity index (χ3n) is 11.9. The zero-order valence-corrected chi connectivity index (χ0v) is 38.4. The summed E-state index contributed by atoms with van der Waals surface area (Å²) in [5.41, 5.74) is 0.859. The number of nitrogens with one attached hydrogen (secondary N) is 3. The summed E-state index contributed by atoms with van der Waals surface area (Å²) in [6.07, 6.45) is 9.15. The Morgan fingerprint density at radius 2 is 1.79 bits per heavy atom. The first kappa shape index (κ1) is 45.3. The number of para-hydroxylation sites is 1. The fourth-order valence-corrected chi connectivity index (χ4v) is 10.0. The lowest BCUT2D eigenvalue weighted by Crippen LogP contribution is -2.58. The Morgan fingerprint density at radius 3 is 2.50 bits per heavy atom. The maximum atomic E-state index is 14.7. The molecule has 4 amide bonds. The van der Waals surface area contributed by atoms with Crippen LogP contribution >= 0.6 is 11.3 Å². The third kappa shape index (κ3) is 9.89. The van der Waals surface area contributed by atoms with Crippen LogP contribution in [0.4, 0.5) is 9.93 Å². The van der Waals surface area contributed by atoms with Gasteiger partial charge < -0.3 is 29.9 Å². The van der Waals surface area contributed by atoms with E-state index in [0.29, 0.717) is 30.8 Å². The van der Waals surface area contributed by atoms with E-state index in [4.69, 9.17) is 19.4 Å². The zero-order valence-electron chi connectivity index (χ0n) is 36.8. The van der Waals surface area contributed by atoms with Gasteiger partial charge in [-0.3, -0.25) is 19.0 Å². The highest BCUT2D eigenvalue weighted by Crippen LogP contribution is 2.46. The van der Waals surface area contributed by atoms with Gasteiger partial charge in [0, 0.05) is 56.5 Å². The molecule has 5 heterocycles. The van der Waals surface area contributed by atoms with Crippen LogP contribution in [0.3, 0.4) is 0 Å². The van der Waals surface area contributed by atoms with Gasteiger partial charge in [-0.15, -0.1) is 11.3 Å². The molecule has 4 aliphatic rings. The molecule has 1 saturated carbocycles. The lowest BCUT2D eigenvalue weighted by atomic mass is 10.0. The number of benzene rings is 1. The number of carbonyl (C=O) groups is 4. The van der Waals surface area contributed by atoms with Crippen LogP contribution in [-0.2, 0) is 29.3 Å². The number of thiazole rings is 1. The molecule has 1 aliphatic carbocycles. The molecule has 0 spiro atoms. The van der Waals surface area contributed by atoms with Crippen LogP contribution in [-0.4, -0.2) is 119 Å². The Labute approximate surface area is 368 Å². The van der Waals surface area contributed by atoms with E-state index in [1.54, 1.807) is 32.1 Å². The van der Waals surface area contributed by atoms with Crippen LogP contribution in [0, 0.1) is 5.92 Å². The second-order valence-electron chi connectivity index (χ2n) is 18.3. The van der Waals surface area contributed by atoms with Crippen molar-refractivity contribution in [3.05, 3.63) is 35.7 Å². The fourth-order valence-electron chi connectivity index (χ4n) is 8.57. The molecule has 1 aromatic carbocycles. The Balaban J connectivity index is 1.22. The number of ether oxygens (including phenoxy) is 2. The number of allylic oxidation sites excluding steroid dienone is 1. The number of alkyl carbamates (subject to hydrolysis) is 1. The predicted molar refractivity (Wildman–Crippen MR) is 237 cm³/mol. The van der Waals surface area contributed by atoms with Crippen LogP contribution in [0.1, 0.15) is 105 Å². The number of imidazole rings is 1. The van der Waals surface area contributed by atoms with Gasteiger partial charge in [-0.05, 0) is 85.6 Å². The highest BCUT2D eigenvalue weighted by atomic mass is 32.2. The molecule has 5 atom stereocenters. The van der Waals surface area contributed by atoms with Gasteiger partial charge in [0.1, 0.15) is 34.8 Å². The molecule has 0 bridgehead atoms. The van der Waals surface area contributed by atoms with Gasteiger partial charge in [-0.1, -0.05) is 37.1 Å². The first-order chi connectivity index (χ1) is 29.4. The van der Waals surface area contributed by atoms with E-state index in [1.165, 1.54) is 25.4 Å². The first-order valence-corrected chi connectivity index (χ1v) is 24.1. The van der Waals surface area contributed by atoms with Crippen molar-refractivity contribution in [2.24, 2.45) is 5.92 Å². The number of carbonyl (C=O) groups excluding carboxylic acids is 4. The van der Waals surface area contributed by atoms with Crippen molar-refractivity contribution in [2.45, 2.75) is 134 Å². The summed E-state index contributed by atoms with van der Waals surface area (Å²) >= 11 is 1.62. The highest BCUT2D eigenvalue weighted by Gasteiger charge is 2.62. The number of anilines is 1. The number of aromatic nitrogens is 3. The minimum atomic E-state index is -4.18. The molecule has 3 aromatic rings. The molecule has 17 nitrogen and oxygen atoms in total. The predicted octanol–water partition coefficient (Wildman–Crippen LogP) is 5.29. The average Bonchev–Trinajstić information content (AvgIpc) is 3.56. The number of rotatable bonds is 9. The minimum absolute atomic E-state index is 0.0274. The van der Waals surface area contributed by atoms with Gasteiger partial charge in [0.05, 0.1) is 17.8 Å². The van der Waals surface area contributed by atoms with E-state index in [1.807, 2.05) is 48.8 Å². The SMILES string of the molecule is CC(C)n1c(O[C@@H]2C[C@H]3C(=O)N[C@]4(C(=O)NS(=O)(=O)N(C)C)C[C@H]4/C=C\CCCCC[C@H](NC(=O)OC(C)(C)C)C(=O)N3C2)nc2c(-c3csc(N4CCCCC4)n3)cccc21. The molecule has 3 aliphatic heterocycles. The van der Waals surface area contributed by atoms with Crippen molar-refractivity contribution in [3.63, 3.8) is 0 Å². The van der Waals surface area contributed by atoms with Crippen molar-refractivity contribution >= 4 is 61.5 Å². The van der Waals surface area contributed by atoms with Crippen LogP contribution in [0.25, 0.3) is 22.3 Å². The van der Waals surface area contributed by atoms with E-state index in [0.717, 1.165) is 65.0 Å². The quantitative estimate of drug-likeness (QED) is 0.236. The molecule has 0 unspecified atom stereocenters. The second kappa shape index (κ2) is 18.2. The molecule has 2 saturated heterocycles. The van der Waals surface area contributed by atoms with Crippen molar-refractivity contribution < 1.29 is 37.1 Å². The highest BCUT2D eigenvalue weighted by molar-refractivity contribution is 7.87. The first-order valence-electron chi connectivity index (χ1n) is 21.8. The van der Waals surface area contributed by atoms with Crippen LogP contribution in [0.2, 0.25) is 0 Å². The lowest BCUT2D eigenvalue weighted by Gasteiger charge is -2.30. The summed E-state index contributed by atoms with van der Waals surface area (Å²) in [5.74, 6) is -2.47. The fraction of sp³-hybridized carbons (Fsp3) is 0.628. The largest absolute Gasteiger partial charge is 0.459 e. The van der Waals surface area contributed by atoms with E-state index in [9.17, 15) is 27.6 Å². The molecule has 7 rings (SSSR count). The molecular weight excluding hydrogens is 835 g/mol. The number of hydrogen-bond acceptors (Lipinski definition) is 12. The molecule has 2 aromatic heterocycles. The van der Waals surface area contributed by atoms with E-state index < -0.39 is 69.3 Å². The van der Waals surface area contributed by atoms with Crippen molar-refractivity contribution in [1.29, 1.82) is 0 Å². The van der Waals surface area contributed by atoms with E-state index >= 15 is 0 Å².